The number of nitrogens with zero attached hydrogens (tertiary/aromatic N) is 3. The Morgan fingerprint density at radius 3 is 2.50 bits per heavy atom. The number of hydrogen-bond donors (Lipinski definition) is 1. The molecule has 1 saturated heterocycles. The number of aromatic nitrogens is 1. The molecule has 0 aliphatic carbocycles. The van der Waals surface area contributed by atoms with Gasteiger partial charge in [-0.3, -0.25) is 9.69 Å². The number of rotatable bonds is 6. The third-order valence-electron chi connectivity index (χ3n) is 3.74. The van der Waals surface area contributed by atoms with Crippen LogP contribution in [0.1, 0.15) is 13.8 Å². The number of pyridine rings is 1. The maximum Gasteiger partial charge on any atom is 0.244 e. The lowest BCUT2D eigenvalue weighted by Gasteiger charge is -2.33. The molecule has 1 fully saturated rings. The minimum atomic E-state index is -3.57. The fraction of sp³-hybridized carbons (Fsp3) is 0.600. The van der Waals surface area contributed by atoms with Gasteiger partial charge in [0.2, 0.25) is 15.9 Å². The lowest BCUT2D eigenvalue weighted by molar-refractivity contribution is -0.122. The quantitative estimate of drug-likeness (QED) is 0.745. The summed E-state index contributed by atoms with van der Waals surface area (Å²) in [5, 5.41) is 3.12. The van der Waals surface area contributed by atoms with Gasteiger partial charge in [-0.25, -0.2) is 13.4 Å². The van der Waals surface area contributed by atoms with Crippen LogP contribution in [0.15, 0.2) is 23.2 Å². The van der Waals surface area contributed by atoms with Gasteiger partial charge in [-0.15, -0.1) is 0 Å². The molecule has 0 atom stereocenters. The predicted octanol–water partition coefficient (Wildman–Crippen LogP) is 0.813. The zero-order valence-corrected chi connectivity index (χ0v) is 15.5. The zero-order valence-electron chi connectivity index (χ0n) is 13.9. The van der Waals surface area contributed by atoms with Gasteiger partial charge in [-0.1, -0.05) is 25.4 Å². The van der Waals surface area contributed by atoms with Crippen LogP contribution in [0.25, 0.3) is 0 Å². The Morgan fingerprint density at radius 1 is 1.29 bits per heavy atom. The molecule has 2 rings (SSSR count). The number of sulfonamides is 1. The second-order valence-corrected chi connectivity index (χ2v) is 8.52. The molecular weight excluding hydrogens is 352 g/mol. The molecule has 2 heterocycles. The van der Waals surface area contributed by atoms with Crippen LogP contribution in [-0.2, 0) is 14.8 Å². The van der Waals surface area contributed by atoms with Gasteiger partial charge in [0.15, 0.2) is 0 Å². The lowest BCUT2D eigenvalue weighted by Crippen LogP contribution is -2.51. The van der Waals surface area contributed by atoms with Crippen molar-refractivity contribution in [1.29, 1.82) is 0 Å². The molecule has 0 bridgehead atoms. The van der Waals surface area contributed by atoms with Crippen LogP contribution in [-0.4, -0.2) is 67.8 Å². The highest BCUT2D eigenvalue weighted by atomic mass is 35.5. The first-order valence-corrected chi connectivity index (χ1v) is 9.71. The van der Waals surface area contributed by atoms with Gasteiger partial charge >= 0.3 is 0 Å². The summed E-state index contributed by atoms with van der Waals surface area (Å²) >= 11 is 5.70. The molecule has 1 aliphatic rings. The van der Waals surface area contributed by atoms with Crippen molar-refractivity contribution in [3.05, 3.63) is 23.5 Å². The Labute approximate surface area is 148 Å². The van der Waals surface area contributed by atoms with Crippen LogP contribution >= 0.6 is 11.6 Å². The first-order valence-electron chi connectivity index (χ1n) is 7.90. The van der Waals surface area contributed by atoms with Crippen molar-refractivity contribution in [2.45, 2.75) is 18.7 Å². The van der Waals surface area contributed by atoms with Crippen molar-refractivity contribution in [3.63, 3.8) is 0 Å². The molecule has 1 amide bonds. The Kier molecular flexibility index (Phi) is 6.56. The maximum atomic E-state index is 12.5. The highest BCUT2D eigenvalue weighted by molar-refractivity contribution is 7.89. The molecule has 1 N–H and O–H groups in total. The Balaban J connectivity index is 1.88. The molecule has 24 heavy (non-hydrogen) atoms. The van der Waals surface area contributed by atoms with E-state index in [1.165, 1.54) is 22.6 Å². The van der Waals surface area contributed by atoms with Crippen molar-refractivity contribution in [3.8, 4) is 0 Å². The average molecular weight is 375 g/mol. The minimum absolute atomic E-state index is 0.0260. The molecule has 1 aliphatic heterocycles. The zero-order chi connectivity index (χ0) is 17.7. The normalized spacial score (nSPS) is 17.2. The maximum absolute atomic E-state index is 12.5. The third-order valence-corrected chi connectivity index (χ3v) is 5.85. The van der Waals surface area contributed by atoms with E-state index in [2.05, 4.69) is 10.3 Å². The Hall–Kier alpha value is -1.22. The highest BCUT2D eigenvalue weighted by Crippen LogP contribution is 2.18. The molecule has 1 aromatic rings. The van der Waals surface area contributed by atoms with E-state index in [1.54, 1.807) is 0 Å². The van der Waals surface area contributed by atoms with Crippen molar-refractivity contribution < 1.29 is 13.2 Å². The number of hydrogen-bond acceptors (Lipinski definition) is 5. The molecule has 134 valence electrons. The van der Waals surface area contributed by atoms with E-state index in [0.717, 1.165) is 0 Å². The molecule has 0 radical (unpaired) electrons. The fourth-order valence-electron chi connectivity index (χ4n) is 2.37. The Bertz CT molecular complexity index is 656. The first kappa shape index (κ1) is 19.1. The van der Waals surface area contributed by atoms with Crippen molar-refractivity contribution in [2.24, 2.45) is 5.92 Å². The molecule has 0 spiro atoms. The van der Waals surface area contributed by atoms with E-state index >= 15 is 0 Å². The van der Waals surface area contributed by atoms with Crippen molar-refractivity contribution >= 4 is 27.5 Å². The number of carbonyl (C=O) groups is 1. The molecular formula is C15H23ClN4O3S. The van der Waals surface area contributed by atoms with E-state index in [1.807, 2.05) is 18.7 Å². The van der Waals surface area contributed by atoms with Crippen LogP contribution in [0, 0.1) is 5.92 Å². The van der Waals surface area contributed by atoms with Gasteiger partial charge in [0.05, 0.1) is 6.54 Å². The van der Waals surface area contributed by atoms with E-state index in [0.29, 0.717) is 45.2 Å². The summed E-state index contributed by atoms with van der Waals surface area (Å²) in [5.41, 5.74) is 0. The second kappa shape index (κ2) is 8.24. The monoisotopic (exact) mass is 374 g/mol. The van der Waals surface area contributed by atoms with Gasteiger partial charge in [0, 0.05) is 38.9 Å². The van der Waals surface area contributed by atoms with E-state index < -0.39 is 10.0 Å². The molecule has 0 unspecified atom stereocenters. The smallest absolute Gasteiger partial charge is 0.244 e. The number of halogens is 1. The van der Waals surface area contributed by atoms with Gasteiger partial charge in [-0.05, 0) is 18.1 Å². The summed E-state index contributed by atoms with van der Waals surface area (Å²) < 4.78 is 26.5. The van der Waals surface area contributed by atoms with E-state index in [4.69, 9.17) is 11.6 Å². The average Bonchev–Trinajstić information content (AvgIpc) is 2.54. The molecule has 1 aromatic heterocycles. The fourth-order valence-corrected chi connectivity index (χ4v) is 3.85. The lowest BCUT2D eigenvalue weighted by atomic mass is 10.2. The second-order valence-electron chi connectivity index (χ2n) is 6.19. The molecule has 0 saturated carbocycles. The SMILES string of the molecule is CC(C)CNC(=O)CN1CCN(S(=O)(=O)c2ccc(Cl)nc2)CC1. The van der Waals surface area contributed by atoms with Crippen LogP contribution in [0.4, 0.5) is 0 Å². The molecule has 7 nitrogen and oxygen atoms in total. The van der Waals surface area contributed by atoms with Crippen LogP contribution < -0.4 is 5.32 Å². The van der Waals surface area contributed by atoms with Crippen molar-refractivity contribution in [2.75, 3.05) is 39.3 Å². The number of nitrogens with one attached hydrogen (secondary N) is 1. The number of amides is 1. The summed E-state index contributed by atoms with van der Waals surface area (Å²) in [4.78, 5) is 17.8. The number of carbonyl (C=O) groups excluding carboxylic acids is 1. The summed E-state index contributed by atoms with van der Waals surface area (Å²) in [7, 11) is -3.57. The van der Waals surface area contributed by atoms with Gasteiger partial charge in [0.1, 0.15) is 10.0 Å². The van der Waals surface area contributed by atoms with Crippen LogP contribution in [0.2, 0.25) is 5.15 Å². The van der Waals surface area contributed by atoms with Crippen LogP contribution in [0.3, 0.4) is 0 Å². The summed E-state index contributed by atoms with van der Waals surface area (Å²) in [5.74, 6) is 0.380. The van der Waals surface area contributed by atoms with Gasteiger partial charge in [0.25, 0.3) is 0 Å². The molecule has 0 aromatic carbocycles. The van der Waals surface area contributed by atoms with Crippen LogP contribution in [0.5, 0.6) is 0 Å². The summed E-state index contributed by atoms with van der Waals surface area (Å²) in [6, 6.07) is 2.92. The first-order chi connectivity index (χ1) is 11.3. The number of piperazine rings is 1. The third kappa shape index (κ3) is 5.14. The van der Waals surface area contributed by atoms with Gasteiger partial charge < -0.3 is 5.32 Å². The Morgan fingerprint density at radius 2 is 1.96 bits per heavy atom. The van der Waals surface area contributed by atoms with Crippen molar-refractivity contribution in [1.82, 2.24) is 19.5 Å². The topological polar surface area (TPSA) is 82.6 Å². The summed E-state index contributed by atoms with van der Waals surface area (Å²) in [6.45, 7) is 6.76. The molecule has 9 heteroatoms. The minimum Gasteiger partial charge on any atom is -0.355 e. The summed E-state index contributed by atoms with van der Waals surface area (Å²) in [6.07, 6.45) is 1.27. The van der Waals surface area contributed by atoms with E-state index in [9.17, 15) is 13.2 Å². The largest absolute Gasteiger partial charge is 0.355 e. The predicted molar refractivity (Wildman–Crippen MR) is 92.3 cm³/mol. The van der Waals surface area contributed by atoms with Gasteiger partial charge in [-0.2, -0.15) is 4.31 Å². The highest BCUT2D eigenvalue weighted by Gasteiger charge is 2.29. The standard InChI is InChI=1S/C15H23ClN4O3S/c1-12(2)9-18-15(21)11-19-5-7-20(8-6-19)24(22,23)13-3-4-14(16)17-10-13/h3-4,10,12H,5-9,11H2,1-2H3,(H,18,21). The van der Waals surface area contributed by atoms with E-state index in [-0.39, 0.29) is 16.0 Å².